The predicted molar refractivity (Wildman–Crippen MR) is 140 cm³/mol. The number of nitrogens with zero attached hydrogens (tertiary/aromatic N) is 3. The molecule has 0 fully saturated rings. The van der Waals surface area contributed by atoms with Crippen LogP contribution < -0.4 is 4.57 Å². The second kappa shape index (κ2) is 7.25. The van der Waals surface area contributed by atoms with Gasteiger partial charge in [0.2, 0.25) is 6.33 Å². The molecule has 0 radical (unpaired) electrons. The van der Waals surface area contributed by atoms with Crippen molar-refractivity contribution in [1.82, 2.24) is 9.55 Å². The van der Waals surface area contributed by atoms with Gasteiger partial charge in [-0.1, -0.05) is 63.5 Å². The molecule has 0 amide bonds. The highest BCUT2D eigenvalue weighted by Gasteiger charge is 2.41. The smallest absolute Gasteiger partial charge is 0.250 e. The molecule has 1 aliphatic rings. The van der Waals surface area contributed by atoms with E-state index in [9.17, 15) is 0 Å². The number of benzene rings is 2. The fourth-order valence-electron chi connectivity index (χ4n) is 6.16. The number of pyridine rings is 1. The summed E-state index contributed by atoms with van der Waals surface area (Å²) in [7, 11) is -2.97. The topological polar surface area (TPSA) is 21.7 Å². The molecule has 2 aromatic heterocycles. The maximum Gasteiger partial charge on any atom is 0.250 e. The molecule has 0 atom stereocenters. The van der Waals surface area contributed by atoms with Crippen LogP contribution in [0.4, 0.5) is 0 Å². The Hall–Kier alpha value is -2.51. The number of hydrogen-bond acceptors (Lipinski definition) is 1. The molecule has 0 unspecified atom stereocenters. The van der Waals surface area contributed by atoms with Crippen LogP contribution in [0.15, 0.2) is 61.1 Å². The van der Waals surface area contributed by atoms with Gasteiger partial charge in [0, 0.05) is 27.9 Å². The Labute approximate surface area is 193 Å². The zero-order chi connectivity index (χ0) is 22.8. The normalized spacial score (nSPS) is 13.6. The van der Waals surface area contributed by atoms with Crippen LogP contribution >= 0.6 is 0 Å². The lowest BCUT2D eigenvalue weighted by atomic mass is 9.96. The molecule has 1 aliphatic heterocycles. The molecule has 3 heterocycles. The van der Waals surface area contributed by atoms with Crippen LogP contribution in [0.5, 0.6) is 0 Å². The Morgan fingerprint density at radius 1 is 0.906 bits per heavy atom. The van der Waals surface area contributed by atoms with E-state index in [1.807, 2.05) is 6.20 Å². The third kappa shape index (κ3) is 3.30. The van der Waals surface area contributed by atoms with Gasteiger partial charge in [0.15, 0.2) is 11.0 Å². The lowest BCUT2D eigenvalue weighted by molar-refractivity contribution is -0.662. The molecule has 164 valence electrons. The van der Waals surface area contributed by atoms with Crippen molar-refractivity contribution in [2.45, 2.75) is 57.9 Å². The minimum Gasteiger partial charge on any atom is -0.256 e. The molecular weight excluding hydrogens is 422 g/mol. The number of rotatable bonds is 3. The van der Waals surface area contributed by atoms with E-state index < -0.39 is 16.1 Å². The molecule has 3 nitrogen and oxygen atoms in total. The first kappa shape index (κ1) is 21.3. The molecular formula is C27H34N3Si2+. The van der Waals surface area contributed by atoms with Crippen molar-refractivity contribution in [3.05, 3.63) is 77.7 Å². The number of fused-ring (bicyclic) bond motifs is 10. The van der Waals surface area contributed by atoms with Crippen molar-refractivity contribution in [2.24, 2.45) is 0 Å². The number of para-hydroxylation sites is 2. The SMILES string of the molecule is Cc1c2ccnc1-c1c(C([Si](C)(C)C)[Si](C)(C)C)cccc1-n1c[n+](c3ccccc31)C2. The molecule has 5 rings (SSSR count). The van der Waals surface area contributed by atoms with E-state index in [-0.39, 0.29) is 0 Å². The van der Waals surface area contributed by atoms with E-state index in [4.69, 9.17) is 4.98 Å². The minimum absolute atomic E-state index is 0.643. The van der Waals surface area contributed by atoms with E-state index in [1.54, 1.807) is 0 Å². The van der Waals surface area contributed by atoms with E-state index in [0.717, 1.165) is 12.2 Å². The van der Waals surface area contributed by atoms with Gasteiger partial charge in [0.05, 0.1) is 11.3 Å². The molecule has 2 aromatic carbocycles. The van der Waals surface area contributed by atoms with Crippen molar-refractivity contribution >= 4 is 27.2 Å². The highest BCUT2D eigenvalue weighted by molar-refractivity contribution is 6.96. The van der Waals surface area contributed by atoms with Gasteiger partial charge in [-0.2, -0.15) is 4.57 Å². The zero-order valence-corrected chi connectivity index (χ0v) is 22.4. The third-order valence-corrected chi connectivity index (χ3v) is 16.3. The number of hydrogen-bond donors (Lipinski definition) is 0. The summed E-state index contributed by atoms with van der Waals surface area (Å²) in [5.41, 5.74) is 10.5. The summed E-state index contributed by atoms with van der Waals surface area (Å²) in [5, 5.41) is 0.643. The molecule has 0 saturated heterocycles. The standard InChI is InChI=1S/C27H34N3Si2/c1-19-20-15-16-28-26(19)25-21(27(31(2,3)4)32(5,6)7)11-10-14-24(25)30-18-29(17-20)22-12-8-9-13-23(22)30/h8-16,18,27H,17H2,1-7H3/q+1. The number of imidazole rings is 1. The van der Waals surface area contributed by atoms with Crippen LogP contribution in [0.25, 0.3) is 28.0 Å². The molecule has 0 spiro atoms. The Balaban J connectivity index is 1.96. The monoisotopic (exact) mass is 456 g/mol. The van der Waals surface area contributed by atoms with Crippen molar-refractivity contribution < 1.29 is 4.57 Å². The Morgan fingerprint density at radius 2 is 1.62 bits per heavy atom. The van der Waals surface area contributed by atoms with Crippen molar-refractivity contribution in [1.29, 1.82) is 0 Å². The van der Waals surface area contributed by atoms with Crippen molar-refractivity contribution in [2.75, 3.05) is 0 Å². The average Bonchev–Trinajstić information content (AvgIpc) is 3.06. The van der Waals surface area contributed by atoms with Crippen LogP contribution in [0, 0.1) is 6.92 Å². The highest BCUT2D eigenvalue weighted by Crippen LogP contribution is 2.44. The summed E-state index contributed by atoms with van der Waals surface area (Å²) in [6.45, 7) is 18.4. The summed E-state index contributed by atoms with van der Waals surface area (Å²) >= 11 is 0. The molecule has 0 saturated carbocycles. The van der Waals surface area contributed by atoms with Crippen LogP contribution in [0.2, 0.25) is 39.3 Å². The zero-order valence-electron chi connectivity index (χ0n) is 20.4. The summed E-state index contributed by atoms with van der Waals surface area (Å²) in [6, 6.07) is 17.9. The van der Waals surface area contributed by atoms with E-state index in [2.05, 4.69) is 110 Å². The van der Waals surface area contributed by atoms with Crippen LogP contribution in [-0.4, -0.2) is 25.7 Å². The Kier molecular flexibility index (Phi) is 4.84. The summed E-state index contributed by atoms with van der Waals surface area (Å²) in [6.07, 6.45) is 4.30. The molecule has 4 bridgehead atoms. The van der Waals surface area contributed by atoms with Gasteiger partial charge in [-0.15, -0.1) is 0 Å². The first-order chi connectivity index (χ1) is 15.1. The first-order valence-electron chi connectivity index (χ1n) is 11.6. The fourth-order valence-corrected chi connectivity index (χ4v) is 18.9. The van der Waals surface area contributed by atoms with E-state index in [1.165, 1.54) is 39.0 Å². The van der Waals surface area contributed by atoms with E-state index in [0.29, 0.717) is 5.16 Å². The second-order valence-corrected chi connectivity index (χ2v) is 22.6. The average molecular weight is 457 g/mol. The van der Waals surface area contributed by atoms with Gasteiger partial charge in [0.25, 0.3) is 0 Å². The third-order valence-electron chi connectivity index (χ3n) is 6.98. The maximum absolute atomic E-state index is 5.01. The van der Waals surface area contributed by atoms with Gasteiger partial charge >= 0.3 is 0 Å². The van der Waals surface area contributed by atoms with Crippen LogP contribution in [-0.2, 0) is 6.54 Å². The summed E-state index contributed by atoms with van der Waals surface area (Å²) < 4.78 is 4.79. The van der Waals surface area contributed by atoms with Crippen LogP contribution in [0.1, 0.15) is 21.9 Å². The predicted octanol–water partition coefficient (Wildman–Crippen LogP) is 6.49. The van der Waals surface area contributed by atoms with Gasteiger partial charge < -0.3 is 0 Å². The second-order valence-electron chi connectivity index (χ2n) is 11.5. The summed E-state index contributed by atoms with van der Waals surface area (Å²) in [4.78, 5) is 5.01. The molecule has 0 aliphatic carbocycles. The summed E-state index contributed by atoms with van der Waals surface area (Å²) in [5.74, 6) is 0. The fraction of sp³-hybridized carbons (Fsp3) is 0.333. The lowest BCUT2D eigenvalue weighted by Crippen LogP contribution is -2.46. The van der Waals surface area contributed by atoms with Crippen LogP contribution in [0.3, 0.4) is 0 Å². The first-order valence-corrected chi connectivity index (χ1v) is 18.8. The quantitative estimate of drug-likeness (QED) is 0.225. The van der Waals surface area contributed by atoms with Gasteiger partial charge in [0.1, 0.15) is 12.2 Å². The number of aromatic nitrogens is 3. The minimum atomic E-state index is -1.49. The largest absolute Gasteiger partial charge is 0.256 e. The van der Waals surface area contributed by atoms with Gasteiger partial charge in [-0.25, -0.2) is 4.57 Å². The van der Waals surface area contributed by atoms with Crippen molar-refractivity contribution in [3.8, 4) is 16.9 Å². The lowest BCUT2D eigenvalue weighted by Gasteiger charge is -2.40. The molecule has 32 heavy (non-hydrogen) atoms. The maximum atomic E-state index is 5.01. The highest BCUT2D eigenvalue weighted by atomic mass is 28.4. The molecule has 0 N–H and O–H groups in total. The molecule has 5 heteroatoms. The Bertz CT molecular complexity index is 1330. The molecule has 4 aromatic rings. The van der Waals surface area contributed by atoms with Gasteiger partial charge in [-0.05, 0) is 47.5 Å². The van der Waals surface area contributed by atoms with E-state index >= 15 is 0 Å². The van der Waals surface area contributed by atoms with Crippen molar-refractivity contribution in [3.63, 3.8) is 0 Å². The Morgan fingerprint density at radius 3 is 2.34 bits per heavy atom. The van der Waals surface area contributed by atoms with Gasteiger partial charge in [-0.3, -0.25) is 4.98 Å².